The van der Waals surface area contributed by atoms with E-state index in [1.165, 1.54) is 12.1 Å². The first-order valence-corrected chi connectivity index (χ1v) is 6.73. The maximum absolute atomic E-state index is 10.6. The van der Waals surface area contributed by atoms with Gasteiger partial charge in [-0.3, -0.25) is 0 Å². The Labute approximate surface area is 89.2 Å². The van der Waals surface area contributed by atoms with Crippen molar-refractivity contribution in [3.63, 3.8) is 0 Å². The maximum Gasteiger partial charge on any atom is 0.340 e. The van der Waals surface area contributed by atoms with E-state index in [-0.39, 0.29) is 9.13 Å². The van der Waals surface area contributed by atoms with Gasteiger partial charge in [-0.2, -0.15) is 0 Å². The summed E-state index contributed by atoms with van der Waals surface area (Å²) in [5.74, 6) is -1.14. The van der Waals surface area contributed by atoms with Crippen LogP contribution in [0.4, 0.5) is 0 Å². The van der Waals surface area contributed by atoms with E-state index in [1.807, 2.05) is 0 Å². The van der Waals surface area contributed by atoms with Crippen LogP contribution in [0, 0.1) is 3.57 Å². The minimum atomic E-state index is -3.58. The molecule has 0 aliphatic heterocycles. The Morgan fingerprint density at radius 2 is 1.92 bits per heavy atom. The van der Waals surface area contributed by atoms with Gasteiger partial charge in [0.05, 0.1) is 9.13 Å². The SMILES string of the molecule is O=C(O)c1cc(Br)cc(I(=O)=O)c1. The van der Waals surface area contributed by atoms with Gasteiger partial charge in [0.1, 0.15) is 0 Å². The minimum Gasteiger partial charge on any atom is -0.478 e. The Kier molecular flexibility index (Phi) is 3.37. The van der Waals surface area contributed by atoms with Gasteiger partial charge in [-0.1, -0.05) is 15.9 Å². The molecule has 1 aromatic carbocycles. The zero-order chi connectivity index (χ0) is 10.0. The molecule has 1 rings (SSSR count). The van der Waals surface area contributed by atoms with Gasteiger partial charge in [-0.05, 0) is 18.2 Å². The zero-order valence-electron chi connectivity index (χ0n) is 6.16. The van der Waals surface area contributed by atoms with Crippen LogP contribution in [0.2, 0.25) is 0 Å². The Morgan fingerprint density at radius 1 is 1.31 bits per heavy atom. The first kappa shape index (κ1) is 10.6. The maximum atomic E-state index is 10.6. The average molecular weight is 359 g/mol. The molecule has 0 radical (unpaired) electrons. The van der Waals surface area contributed by atoms with Crippen LogP contribution in [0.25, 0.3) is 0 Å². The second-order valence-electron chi connectivity index (χ2n) is 2.18. The third-order valence-electron chi connectivity index (χ3n) is 1.29. The van der Waals surface area contributed by atoms with Crippen molar-refractivity contribution in [2.45, 2.75) is 0 Å². The Hall–Kier alpha value is -0.500. The number of carboxylic acids is 1. The van der Waals surface area contributed by atoms with Crippen molar-refractivity contribution in [1.82, 2.24) is 0 Å². The Morgan fingerprint density at radius 3 is 2.38 bits per heavy atom. The zero-order valence-corrected chi connectivity index (χ0v) is 9.90. The topological polar surface area (TPSA) is 71.4 Å². The molecule has 1 N–H and O–H groups in total. The molecule has 0 bridgehead atoms. The van der Waals surface area contributed by atoms with E-state index in [4.69, 9.17) is 5.11 Å². The van der Waals surface area contributed by atoms with Crippen LogP contribution in [0.15, 0.2) is 22.7 Å². The van der Waals surface area contributed by atoms with Gasteiger partial charge < -0.3 is 5.11 Å². The molecule has 0 spiro atoms. The molecule has 4 nitrogen and oxygen atoms in total. The fourth-order valence-corrected chi connectivity index (χ4v) is 2.87. The Balaban J connectivity index is 3.35. The third kappa shape index (κ3) is 2.73. The van der Waals surface area contributed by atoms with Crippen LogP contribution in [-0.4, -0.2) is 11.1 Å². The highest BCUT2D eigenvalue weighted by Crippen LogP contribution is 2.23. The summed E-state index contributed by atoms with van der Waals surface area (Å²) in [6, 6.07) is 3.89. The van der Waals surface area contributed by atoms with E-state index >= 15 is 0 Å². The summed E-state index contributed by atoms with van der Waals surface area (Å²) in [5, 5.41) is 8.61. The molecule has 0 aromatic heterocycles. The van der Waals surface area contributed by atoms with Crippen LogP contribution < -0.4 is 0 Å². The number of rotatable bonds is 2. The van der Waals surface area contributed by atoms with Gasteiger partial charge in [0.25, 0.3) is 0 Å². The second kappa shape index (κ2) is 4.14. The molecule has 0 unspecified atom stereocenters. The molecular formula is C7H4BrIO4. The van der Waals surface area contributed by atoms with E-state index in [0.717, 1.165) is 6.07 Å². The number of carboxylic acid groups (broad SMARTS) is 1. The summed E-state index contributed by atoms with van der Waals surface area (Å²) < 4.78 is 21.8. The van der Waals surface area contributed by atoms with Crippen molar-refractivity contribution in [3.05, 3.63) is 31.8 Å². The third-order valence-corrected chi connectivity index (χ3v) is 3.39. The lowest BCUT2D eigenvalue weighted by Crippen LogP contribution is -1.96. The summed E-state index contributed by atoms with van der Waals surface area (Å²) in [7, 11) is 0. The molecule has 0 aliphatic carbocycles. The fourth-order valence-electron chi connectivity index (χ4n) is 0.766. The van der Waals surface area contributed by atoms with Crippen molar-refractivity contribution >= 4 is 41.7 Å². The predicted octanol–water partition coefficient (Wildman–Crippen LogP) is 2.51. The lowest BCUT2D eigenvalue weighted by atomic mass is 10.2. The number of hydrogen-bond donors (Lipinski definition) is 1. The van der Waals surface area contributed by atoms with E-state index in [1.54, 1.807) is 0 Å². The molecule has 0 fully saturated rings. The number of benzene rings is 1. The monoisotopic (exact) mass is 358 g/mol. The van der Waals surface area contributed by atoms with Gasteiger partial charge in [-0.15, -0.1) is 0 Å². The normalized spacial score (nSPS) is 10.3. The summed E-state index contributed by atoms with van der Waals surface area (Å²) in [5.41, 5.74) is -0.0293. The minimum absolute atomic E-state index is 0.0293. The van der Waals surface area contributed by atoms with Crippen LogP contribution in [0.5, 0.6) is 0 Å². The molecule has 70 valence electrons. The molecule has 0 saturated carbocycles. The molecule has 13 heavy (non-hydrogen) atoms. The molecular weight excluding hydrogens is 355 g/mol. The summed E-state index contributed by atoms with van der Waals surface area (Å²) in [6.45, 7) is 0. The molecule has 0 heterocycles. The van der Waals surface area contributed by atoms with Gasteiger partial charge in [0, 0.05) is 4.47 Å². The quantitative estimate of drug-likeness (QED) is 0.824. The standard InChI is InChI=1S/C7H4BrIO4/c8-5-1-4(7(10)11)2-6(3-5)9(12)13/h1-3H,(H,10,11). The van der Waals surface area contributed by atoms with Crippen LogP contribution in [0.3, 0.4) is 0 Å². The Bertz CT molecular complexity index is 417. The van der Waals surface area contributed by atoms with Crippen LogP contribution in [-0.2, 0) is 6.14 Å². The van der Waals surface area contributed by atoms with Gasteiger partial charge in [0.15, 0.2) is 0 Å². The van der Waals surface area contributed by atoms with Crippen LogP contribution >= 0.6 is 35.7 Å². The molecule has 0 aliphatic rings. The van der Waals surface area contributed by atoms with Crippen LogP contribution in [0.1, 0.15) is 10.4 Å². The number of halogens is 2. The van der Waals surface area contributed by atoms with Crippen molar-refractivity contribution < 1.29 is 16.0 Å². The fraction of sp³-hybridized carbons (Fsp3) is 0. The molecule has 6 heteroatoms. The highest BCUT2D eigenvalue weighted by molar-refractivity contribution is 14.2. The van der Waals surface area contributed by atoms with Gasteiger partial charge >= 0.3 is 25.8 Å². The average Bonchev–Trinajstić information content (AvgIpc) is 2.03. The first-order valence-electron chi connectivity index (χ1n) is 3.10. The van der Waals surface area contributed by atoms with Crippen molar-refractivity contribution in [2.75, 3.05) is 0 Å². The summed E-state index contributed by atoms with van der Waals surface area (Å²) in [4.78, 5) is 10.5. The molecule has 0 saturated heterocycles. The van der Waals surface area contributed by atoms with E-state index < -0.39 is 25.8 Å². The second-order valence-corrected chi connectivity index (χ2v) is 5.58. The van der Waals surface area contributed by atoms with Gasteiger partial charge in [0.2, 0.25) is 0 Å². The van der Waals surface area contributed by atoms with E-state index in [9.17, 15) is 10.9 Å². The smallest absolute Gasteiger partial charge is 0.340 e. The number of hydrogen-bond acceptors (Lipinski definition) is 3. The lowest BCUT2D eigenvalue weighted by molar-refractivity contribution is 0.0696. The number of aromatic carboxylic acids is 1. The summed E-state index contributed by atoms with van der Waals surface area (Å²) >= 11 is -0.548. The van der Waals surface area contributed by atoms with E-state index in [0.29, 0.717) is 4.47 Å². The highest BCUT2D eigenvalue weighted by Gasteiger charge is 2.08. The van der Waals surface area contributed by atoms with Crippen molar-refractivity contribution in [3.8, 4) is 0 Å². The lowest BCUT2D eigenvalue weighted by Gasteiger charge is -1.96. The number of carbonyl (C=O) groups is 1. The van der Waals surface area contributed by atoms with E-state index in [2.05, 4.69) is 15.9 Å². The van der Waals surface area contributed by atoms with Crippen molar-refractivity contribution in [1.29, 1.82) is 0 Å². The summed E-state index contributed by atoms with van der Waals surface area (Å²) in [6.07, 6.45) is 0. The molecule has 1 aromatic rings. The van der Waals surface area contributed by atoms with Crippen molar-refractivity contribution in [2.24, 2.45) is 0 Å². The van der Waals surface area contributed by atoms with Gasteiger partial charge in [-0.25, -0.2) is 10.9 Å². The predicted molar refractivity (Wildman–Crippen MR) is 55.2 cm³/mol. The molecule has 0 atom stereocenters. The largest absolute Gasteiger partial charge is 0.478 e. The molecule has 0 amide bonds. The first-order chi connectivity index (χ1) is 6.00. The highest BCUT2D eigenvalue weighted by atomic mass is 127.